The molecule has 0 radical (unpaired) electrons. The number of allylic oxidation sites excluding steroid dienone is 1. The van der Waals surface area contributed by atoms with Crippen LogP contribution in [0.5, 0.6) is 0 Å². The molecule has 4 amide bonds. The van der Waals surface area contributed by atoms with Gasteiger partial charge in [0.05, 0.1) is 11.2 Å². The predicted octanol–water partition coefficient (Wildman–Crippen LogP) is 4.14. The van der Waals surface area contributed by atoms with E-state index in [1.165, 1.54) is 13.0 Å². The summed E-state index contributed by atoms with van der Waals surface area (Å²) in [6.07, 6.45) is 2.60. The number of urea groups is 2. The number of hydrogen-bond donors (Lipinski definition) is 4. The SMILES string of the molecule is CC1=C(C(=O)O)[C@H](c2ccc(F)c(F)c2)N(C(=O)N[C@@H]2CCN(C3CCC(O)(c4ccccc4F)CC3)C2)C(=O)N1. The number of benzene rings is 2. The van der Waals surface area contributed by atoms with Crippen molar-refractivity contribution in [2.24, 2.45) is 0 Å². The molecule has 9 nitrogen and oxygen atoms in total. The molecular formula is C29H31F3N4O5. The smallest absolute Gasteiger partial charge is 0.335 e. The monoisotopic (exact) mass is 572 g/mol. The van der Waals surface area contributed by atoms with Gasteiger partial charge in [0, 0.05) is 36.4 Å². The minimum absolute atomic E-state index is 0.0130. The minimum Gasteiger partial charge on any atom is -0.478 e. The highest BCUT2D eigenvalue weighted by atomic mass is 19.2. The van der Waals surface area contributed by atoms with Gasteiger partial charge >= 0.3 is 18.0 Å². The molecule has 5 rings (SSSR count). The van der Waals surface area contributed by atoms with Crippen molar-refractivity contribution in [1.82, 2.24) is 20.4 Å². The van der Waals surface area contributed by atoms with E-state index >= 15 is 0 Å². The fourth-order valence-electron chi connectivity index (χ4n) is 6.26. The van der Waals surface area contributed by atoms with E-state index in [4.69, 9.17) is 0 Å². The van der Waals surface area contributed by atoms with Crippen LogP contribution in [0.15, 0.2) is 53.7 Å². The van der Waals surface area contributed by atoms with Crippen LogP contribution < -0.4 is 10.6 Å². The molecule has 218 valence electrons. The lowest BCUT2D eigenvalue weighted by Crippen LogP contribution is -2.56. The van der Waals surface area contributed by atoms with E-state index in [2.05, 4.69) is 15.5 Å². The molecule has 1 saturated carbocycles. The van der Waals surface area contributed by atoms with Gasteiger partial charge in [-0.05, 0) is 62.8 Å². The Morgan fingerprint density at radius 2 is 1.73 bits per heavy atom. The number of halogens is 3. The van der Waals surface area contributed by atoms with Gasteiger partial charge in [-0.25, -0.2) is 32.5 Å². The molecule has 1 saturated heterocycles. The topological polar surface area (TPSA) is 122 Å². The summed E-state index contributed by atoms with van der Waals surface area (Å²) in [6, 6.07) is 5.46. The molecular weight excluding hydrogens is 541 g/mol. The zero-order chi connectivity index (χ0) is 29.5. The summed E-state index contributed by atoms with van der Waals surface area (Å²) in [7, 11) is 0. The lowest BCUT2D eigenvalue weighted by atomic mass is 9.77. The Bertz CT molecular complexity index is 1410. The summed E-state index contributed by atoms with van der Waals surface area (Å²) in [4.78, 5) is 41.3. The van der Waals surface area contributed by atoms with Crippen molar-refractivity contribution in [1.29, 1.82) is 0 Å². The molecule has 2 heterocycles. The highest BCUT2D eigenvalue weighted by Gasteiger charge is 2.44. The van der Waals surface area contributed by atoms with E-state index in [-0.39, 0.29) is 28.9 Å². The molecule has 0 bridgehead atoms. The van der Waals surface area contributed by atoms with Gasteiger partial charge in [-0.3, -0.25) is 4.90 Å². The van der Waals surface area contributed by atoms with Gasteiger partial charge in [0.15, 0.2) is 11.6 Å². The Morgan fingerprint density at radius 1 is 1.02 bits per heavy atom. The molecule has 2 aromatic rings. The number of aliphatic carboxylic acids is 1. The Labute approximate surface area is 234 Å². The fraction of sp³-hybridized carbons (Fsp3) is 0.414. The highest BCUT2D eigenvalue weighted by Crippen LogP contribution is 2.40. The first-order valence-electron chi connectivity index (χ1n) is 13.5. The van der Waals surface area contributed by atoms with Gasteiger partial charge in [-0.1, -0.05) is 24.3 Å². The zero-order valence-electron chi connectivity index (χ0n) is 22.4. The summed E-state index contributed by atoms with van der Waals surface area (Å²) in [5, 5.41) is 26.1. The standard InChI is InChI=1S/C29H31F3N4O5/c1-16-24(26(37)38)25(17-6-7-22(31)23(32)14-17)36(27(39)33-16)28(40)34-18-10-13-35(15-18)19-8-11-29(41,12-9-19)20-4-2-3-5-21(20)30/h2-7,14,18-19,25,41H,8-13,15H2,1H3,(H,33,39)(H,34,40)(H,37,38)/t18-,19?,25+,29?/m1/s1. The van der Waals surface area contributed by atoms with Crippen LogP contribution in [0.25, 0.3) is 0 Å². The molecule has 3 aliphatic rings. The Balaban J connectivity index is 1.27. The van der Waals surface area contributed by atoms with Gasteiger partial charge in [0.1, 0.15) is 11.9 Å². The first-order valence-corrected chi connectivity index (χ1v) is 13.5. The van der Waals surface area contributed by atoms with E-state index in [0.717, 1.165) is 18.2 Å². The second-order valence-corrected chi connectivity index (χ2v) is 10.9. The van der Waals surface area contributed by atoms with Gasteiger partial charge in [-0.15, -0.1) is 0 Å². The average molecular weight is 573 g/mol. The number of imide groups is 1. The maximum absolute atomic E-state index is 14.3. The molecule has 0 unspecified atom stereocenters. The predicted molar refractivity (Wildman–Crippen MR) is 141 cm³/mol. The number of likely N-dealkylation sites (tertiary alicyclic amines) is 1. The number of carboxylic acid groups (broad SMARTS) is 1. The number of hydrogen-bond acceptors (Lipinski definition) is 5. The van der Waals surface area contributed by atoms with Crippen molar-refractivity contribution in [2.75, 3.05) is 13.1 Å². The van der Waals surface area contributed by atoms with Crippen LogP contribution >= 0.6 is 0 Å². The molecule has 12 heteroatoms. The Morgan fingerprint density at radius 3 is 2.39 bits per heavy atom. The van der Waals surface area contributed by atoms with Crippen LogP contribution in [-0.4, -0.2) is 63.2 Å². The van der Waals surface area contributed by atoms with Crippen LogP contribution in [0, 0.1) is 17.5 Å². The van der Waals surface area contributed by atoms with E-state index in [0.29, 0.717) is 55.7 Å². The summed E-state index contributed by atoms with van der Waals surface area (Å²) in [5.41, 5.74) is -1.36. The zero-order valence-corrected chi connectivity index (χ0v) is 22.4. The summed E-state index contributed by atoms with van der Waals surface area (Å²) in [6.45, 7) is 2.46. The van der Waals surface area contributed by atoms with E-state index < -0.39 is 47.1 Å². The molecule has 2 aromatic carbocycles. The summed E-state index contributed by atoms with van der Waals surface area (Å²) in [5.74, 6) is -4.24. The quantitative estimate of drug-likeness (QED) is 0.427. The van der Waals surface area contributed by atoms with Crippen molar-refractivity contribution in [2.45, 2.75) is 62.8 Å². The third-order valence-electron chi connectivity index (χ3n) is 8.38. The summed E-state index contributed by atoms with van der Waals surface area (Å²) >= 11 is 0. The van der Waals surface area contributed by atoms with Crippen molar-refractivity contribution in [3.8, 4) is 0 Å². The van der Waals surface area contributed by atoms with E-state index in [1.54, 1.807) is 18.2 Å². The first kappa shape index (κ1) is 28.6. The average Bonchev–Trinajstić information content (AvgIpc) is 3.38. The third kappa shape index (κ3) is 5.53. The number of amides is 4. The molecule has 4 N–H and O–H groups in total. The maximum atomic E-state index is 14.3. The van der Waals surface area contributed by atoms with Crippen molar-refractivity contribution < 1.29 is 37.8 Å². The minimum atomic E-state index is -1.48. The molecule has 41 heavy (non-hydrogen) atoms. The van der Waals surface area contributed by atoms with Crippen molar-refractivity contribution in [3.05, 3.63) is 82.3 Å². The van der Waals surface area contributed by atoms with Crippen LogP contribution in [0.4, 0.5) is 22.8 Å². The summed E-state index contributed by atoms with van der Waals surface area (Å²) < 4.78 is 42.0. The van der Waals surface area contributed by atoms with Crippen molar-refractivity contribution >= 4 is 18.0 Å². The van der Waals surface area contributed by atoms with Gasteiger partial charge in [-0.2, -0.15) is 0 Å². The van der Waals surface area contributed by atoms with Gasteiger partial charge < -0.3 is 20.8 Å². The molecule has 1 aliphatic carbocycles. The van der Waals surface area contributed by atoms with Crippen LogP contribution in [0.2, 0.25) is 0 Å². The molecule has 0 aromatic heterocycles. The normalized spacial score (nSPS) is 27.1. The number of nitrogens with one attached hydrogen (secondary N) is 2. The second kappa shape index (κ2) is 11.2. The lowest BCUT2D eigenvalue weighted by molar-refractivity contribution is -0.133. The van der Waals surface area contributed by atoms with Crippen molar-refractivity contribution in [3.63, 3.8) is 0 Å². The highest BCUT2D eigenvalue weighted by molar-refractivity contribution is 6.01. The molecule has 2 fully saturated rings. The second-order valence-electron chi connectivity index (χ2n) is 10.9. The first-order chi connectivity index (χ1) is 19.5. The maximum Gasteiger partial charge on any atom is 0.335 e. The van der Waals surface area contributed by atoms with Gasteiger partial charge in [0.2, 0.25) is 0 Å². The van der Waals surface area contributed by atoms with Crippen LogP contribution in [0.3, 0.4) is 0 Å². The molecule has 2 aliphatic heterocycles. The number of carboxylic acids is 1. The number of aliphatic hydroxyl groups is 1. The fourth-order valence-corrected chi connectivity index (χ4v) is 6.26. The number of carbonyl (C=O) groups is 3. The molecule has 2 atom stereocenters. The Kier molecular flexibility index (Phi) is 7.80. The lowest BCUT2D eigenvalue weighted by Gasteiger charge is -2.40. The van der Waals surface area contributed by atoms with Crippen LogP contribution in [0.1, 0.15) is 56.2 Å². The number of rotatable bonds is 5. The third-order valence-corrected chi connectivity index (χ3v) is 8.38. The Hall–Kier alpha value is -3.90. The van der Waals surface area contributed by atoms with E-state index in [1.807, 2.05) is 0 Å². The molecule has 0 spiro atoms. The number of nitrogens with zero attached hydrogens (tertiary/aromatic N) is 2. The number of carbonyl (C=O) groups excluding carboxylic acids is 2. The van der Waals surface area contributed by atoms with Crippen LogP contribution in [-0.2, 0) is 10.4 Å². The van der Waals surface area contributed by atoms with E-state index in [9.17, 15) is 37.8 Å². The van der Waals surface area contributed by atoms with Gasteiger partial charge in [0.25, 0.3) is 0 Å². The largest absolute Gasteiger partial charge is 0.478 e.